The van der Waals surface area contributed by atoms with Crippen LogP contribution in [0.5, 0.6) is 5.75 Å². The molecule has 4 heteroatoms. The number of hydrogen-bond acceptors (Lipinski definition) is 2. The fourth-order valence-electron chi connectivity index (χ4n) is 2.06. The molecule has 2 aromatic carbocycles. The third-order valence-corrected chi connectivity index (χ3v) is 3.92. The maximum Gasteiger partial charge on any atom is 0.265 e. The standard InChI is InChI=1S/C18H20ClNO2/c1-11-6-5-7-17(13(11)3)22-14(4)18(21)20-16-10-15(19)9-8-12(16)2/h5-10,14H,1-4H3,(H,20,21). The number of ether oxygens (including phenoxy) is 1. The molecule has 1 amide bonds. The highest BCUT2D eigenvalue weighted by Gasteiger charge is 2.17. The van der Waals surface area contributed by atoms with Gasteiger partial charge in [-0.2, -0.15) is 0 Å². The average Bonchev–Trinajstić information content (AvgIpc) is 2.47. The van der Waals surface area contributed by atoms with Crippen LogP contribution in [0.25, 0.3) is 0 Å². The largest absolute Gasteiger partial charge is 0.481 e. The van der Waals surface area contributed by atoms with Gasteiger partial charge in [0.05, 0.1) is 0 Å². The first kappa shape index (κ1) is 16.4. The van der Waals surface area contributed by atoms with Gasteiger partial charge in [-0.25, -0.2) is 0 Å². The van der Waals surface area contributed by atoms with Gasteiger partial charge in [-0.05, 0) is 62.6 Å². The topological polar surface area (TPSA) is 38.3 Å². The molecule has 22 heavy (non-hydrogen) atoms. The Kier molecular flexibility index (Phi) is 5.09. The van der Waals surface area contributed by atoms with Gasteiger partial charge < -0.3 is 10.1 Å². The van der Waals surface area contributed by atoms with E-state index in [1.54, 1.807) is 19.1 Å². The second-order valence-corrected chi connectivity index (χ2v) is 5.84. The average molecular weight is 318 g/mol. The van der Waals surface area contributed by atoms with E-state index in [0.29, 0.717) is 10.7 Å². The number of rotatable bonds is 4. The summed E-state index contributed by atoms with van der Waals surface area (Å²) in [7, 11) is 0. The molecule has 0 saturated heterocycles. The lowest BCUT2D eigenvalue weighted by Gasteiger charge is -2.18. The Morgan fingerprint density at radius 2 is 1.86 bits per heavy atom. The molecule has 0 aliphatic rings. The predicted octanol–water partition coefficient (Wildman–Crippen LogP) is 4.67. The Labute approximate surface area is 136 Å². The van der Waals surface area contributed by atoms with Crippen molar-refractivity contribution in [2.24, 2.45) is 0 Å². The predicted molar refractivity (Wildman–Crippen MR) is 90.8 cm³/mol. The van der Waals surface area contributed by atoms with Crippen molar-refractivity contribution in [1.29, 1.82) is 0 Å². The van der Waals surface area contributed by atoms with E-state index in [0.717, 1.165) is 22.4 Å². The summed E-state index contributed by atoms with van der Waals surface area (Å²) in [6.45, 7) is 7.65. The molecule has 0 bridgehead atoms. The highest BCUT2D eigenvalue weighted by Crippen LogP contribution is 2.23. The molecule has 0 aliphatic heterocycles. The molecule has 0 fully saturated rings. The highest BCUT2D eigenvalue weighted by atomic mass is 35.5. The minimum atomic E-state index is -0.598. The number of nitrogens with one attached hydrogen (secondary N) is 1. The minimum Gasteiger partial charge on any atom is -0.481 e. The van der Waals surface area contributed by atoms with Crippen LogP contribution in [-0.4, -0.2) is 12.0 Å². The lowest BCUT2D eigenvalue weighted by molar-refractivity contribution is -0.122. The van der Waals surface area contributed by atoms with Gasteiger partial charge >= 0.3 is 0 Å². The zero-order valence-corrected chi connectivity index (χ0v) is 14.0. The number of aryl methyl sites for hydroxylation is 2. The van der Waals surface area contributed by atoms with Crippen molar-refractivity contribution in [1.82, 2.24) is 0 Å². The van der Waals surface area contributed by atoms with E-state index in [1.165, 1.54) is 0 Å². The van der Waals surface area contributed by atoms with E-state index in [4.69, 9.17) is 16.3 Å². The summed E-state index contributed by atoms with van der Waals surface area (Å²) in [5.41, 5.74) is 3.84. The van der Waals surface area contributed by atoms with Gasteiger partial charge in [0.1, 0.15) is 5.75 Å². The number of hydrogen-bond donors (Lipinski definition) is 1. The smallest absolute Gasteiger partial charge is 0.265 e. The van der Waals surface area contributed by atoms with E-state index >= 15 is 0 Å². The van der Waals surface area contributed by atoms with Crippen LogP contribution in [0.2, 0.25) is 5.02 Å². The number of carbonyl (C=O) groups is 1. The summed E-state index contributed by atoms with van der Waals surface area (Å²) in [6, 6.07) is 11.2. The van der Waals surface area contributed by atoms with Crippen molar-refractivity contribution >= 4 is 23.2 Å². The molecule has 0 radical (unpaired) electrons. The molecule has 2 aromatic rings. The minimum absolute atomic E-state index is 0.203. The van der Waals surface area contributed by atoms with Gasteiger partial charge in [0.25, 0.3) is 5.91 Å². The monoisotopic (exact) mass is 317 g/mol. The van der Waals surface area contributed by atoms with Crippen molar-refractivity contribution in [3.63, 3.8) is 0 Å². The van der Waals surface area contributed by atoms with Crippen molar-refractivity contribution in [3.8, 4) is 5.75 Å². The highest BCUT2D eigenvalue weighted by molar-refractivity contribution is 6.31. The maximum atomic E-state index is 12.3. The van der Waals surface area contributed by atoms with Crippen molar-refractivity contribution in [2.75, 3.05) is 5.32 Å². The first-order valence-corrected chi connectivity index (χ1v) is 7.56. The first-order chi connectivity index (χ1) is 10.4. The van der Waals surface area contributed by atoms with Crippen LogP contribution in [0.1, 0.15) is 23.6 Å². The molecule has 0 saturated carbocycles. The first-order valence-electron chi connectivity index (χ1n) is 7.18. The van der Waals surface area contributed by atoms with Crippen molar-refractivity contribution < 1.29 is 9.53 Å². The summed E-state index contributed by atoms with van der Waals surface area (Å²) < 4.78 is 5.79. The second kappa shape index (κ2) is 6.84. The van der Waals surface area contributed by atoms with Gasteiger partial charge in [-0.1, -0.05) is 29.8 Å². The van der Waals surface area contributed by atoms with Crippen LogP contribution >= 0.6 is 11.6 Å². The summed E-state index contributed by atoms with van der Waals surface area (Å²) >= 11 is 5.97. The van der Waals surface area contributed by atoms with Crippen LogP contribution in [0, 0.1) is 20.8 Å². The van der Waals surface area contributed by atoms with Gasteiger partial charge in [0, 0.05) is 10.7 Å². The number of carbonyl (C=O) groups excluding carboxylic acids is 1. The molecular formula is C18H20ClNO2. The Balaban J connectivity index is 2.09. The van der Waals surface area contributed by atoms with Gasteiger partial charge in [0.15, 0.2) is 6.10 Å². The molecule has 0 aromatic heterocycles. The lowest BCUT2D eigenvalue weighted by atomic mass is 10.1. The molecule has 1 unspecified atom stereocenters. The Hall–Kier alpha value is -2.00. The summed E-state index contributed by atoms with van der Waals surface area (Å²) in [4.78, 5) is 12.3. The van der Waals surface area contributed by atoms with Crippen LogP contribution in [0.15, 0.2) is 36.4 Å². The third-order valence-electron chi connectivity index (χ3n) is 3.69. The normalized spacial score (nSPS) is 11.9. The van der Waals surface area contributed by atoms with Gasteiger partial charge in [0.2, 0.25) is 0 Å². The van der Waals surface area contributed by atoms with E-state index < -0.39 is 6.10 Å². The second-order valence-electron chi connectivity index (χ2n) is 5.41. The Morgan fingerprint density at radius 1 is 1.14 bits per heavy atom. The number of halogens is 1. The maximum absolute atomic E-state index is 12.3. The molecular weight excluding hydrogens is 298 g/mol. The molecule has 1 atom stereocenters. The molecule has 2 rings (SSSR count). The number of benzene rings is 2. The molecule has 1 N–H and O–H groups in total. The molecule has 0 heterocycles. The van der Waals surface area contributed by atoms with E-state index in [1.807, 2.05) is 45.0 Å². The van der Waals surface area contributed by atoms with Crippen LogP contribution in [0.3, 0.4) is 0 Å². The fourth-order valence-corrected chi connectivity index (χ4v) is 2.23. The molecule has 116 valence electrons. The summed E-state index contributed by atoms with van der Waals surface area (Å²) in [6.07, 6.45) is -0.598. The molecule has 0 aliphatic carbocycles. The fraction of sp³-hybridized carbons (Fsp3) is 0.278. The lowest BCUT2D eigenvalue weighted by Crippen LogP contribution is -2.30. The van der Waals surface area contributed by atoms with E-state index in [2.05, 4.69) is 5.32 Å². The molecule has 3 nitrogen and oxygen atoms in total. The van der Waals surface area contributed by atoms with Crippen molar-refractivity contribution in [2.45, 2.75) is 33.8 Å². The van der Waals surface area contributed by atoms with Crippen LogP contribution < -0.4 is 10.1 Å². The van der Waals surface area contributed by atoms with E-state index in [-0.39, 0.29) is 5.91 Å². The zero-order valence-electron chi connectivity index (χ0n) is 13.2. The van der Waals surface area contributed by atoms with E-state index in [9.17, 15) is 4.79 Å². The Morgan fingerprint density at radius 3 is 2.59 bits per heavy atom. The number of anilines is 1. The van der Waals surface area contributed by atoms with Gasteiger partial charge in [-0.15, -0.1) is 0 Å². The van der Waals surface area contributed by atoms with Crippen LogP contribution in [-0.2, 0) is 4.79 Å². The van der Waals surface area contributed by atoms with Gasteiger partial charge in [-0.3, -0.25) is 4.79 Å². The number of amides is 1. The molecule has 0 spiro atoms. The van der Waals surface area contributed by atoms with Crippen molar-refractivity contribution in [3.05, 3.63) is 58.1 Å². The SMILES string of the molecule is Cc1ccc(Cl)cc1NC(=O)C(C)Oc1cccc(C)c1C. The summed E-state index contributed by atoms with van der Waals surface area (Å²) in [5.74, 6) is 0.525. The quantitative estimate of drug-likeness (QED) is 0.889. The summed E-state index contributed by atoms with van der Waals surface area (Å²) in [5, 5.41) is 3.44. The van der Waals surface area contributed by atoms with Crippen LogP contribution in [0.4, 0.5) is 5.69 Å². The zero-order chi connectivity index (χ0) is 16.3. The third kappa shape index (κ3) is 3.80. The Bertz CT molecular complexity index is 697.